The zero-order valence-corrected chi connectivity index (χ0v) is 43.1. The molecule has 11 rings (SSSR count). The second-order valence-corrected chi connectivity index (χ2v) is 21.9. The number of benzene rings is 8. The molecule has 0 aliphatic carbocycles. The van der Waals surface area contributed by atoms with E-state index in [1.54, 1.807) is 0 Å². The van der Waals surface area contributed by atoms with Gasteiger partial charge in [0.25, 0.3) is 0 Å². The van der Waals surface area contributed by atoms with Crippen LogP contribution in [0.2, 0.25) is 0 Å². The van der Waals surface area contributed by atoms with Crippen LogP contribution in [0.4, 0.5) is 11.4 Å². The number of aromatic nitrogens is 3. The van der Waals surface area contributed by atoms with Gasteiger partial charge >= 0.3 is 17.1 Å². The molecule has 2 aliphatic heterocycles. The van der Waals surface area contributed by atoms with Gasteiger partial charge in [0.15, 0.2) is 0 Å². The average Bonchev–Trinajstić information content (AvgIpc) is 4.27. The number of hydrogen-bond acceptors (Lipinski definition) is 4. The van der Waals surface area contributed by atoms with Crippen molar-refractivity contribution in [3.8, 4) is 11.3 Å². The molecule has 0 N–H and O–H groups in total. The Hall–Kier alpha value is -6.00. The normalized spacial score (nSPS) is 12.6. The Labute approximate surface area is 428 Å². The van der Waals surface area contributed by atoms with E-state index >= 15 is 0 Å². The second-order valence-electron chi connectivity index (χ2n) is 17.1. The number of ether oxygens (including phenoxy) is 2. The number of hydrogen-bond donors (Lipinski definition) is 0. The summed E-state index contributed by atoms with van der Waals surface area (Å²) in [5.74, 6) is 0. The first-order valence-electron chi connectivity index (χ1n) is 24.1. The second kappa shape index (κ2) is 28.0. The third kappa shape index (κ3) is 14.8. The fourth-order valence-electron chi connectivity index (χ4n) is 8.47. The Bertz CT molecular complexity index is 2660. The maximum absolute atomic E-state index is 4.94. The van der Waals surface area contributed by atoms with Gasteiger partial charge in [-0.25, -0.2) is 4.68 Å². The molecule has 0 saturated carbocycles. The molecule has 8 aromatic carbocycles. The first-order valence-corrected chi connectivity index (χ1v) is 27.1. The van der Waals surface area contributed by atoms with E-state index in [2.05, 4.69) is 200 Å². The molecule has 9 aromatic rings. The largest absolute Gasteiger partial charge is 1.00 e. The van der Waals surface area contributed by atoms with Crippen molar-refractivity contribution in [3.63, 3.8) is 0 Å². The van der Waals surface area contributed by atoms with Crippen LogP contribution in [0.5, 0.6) is 0 Å². The minimum absolute atomic E-state index is 0. The molecule has 0 amide bonds. The minimum atomic E-state index is -1.14. The van der Waals surface area contributed by atoms with Crippen LogP contribution in [0.15, 0.2) is 225 Å². The Balaban J connectivity index is 0.000000171. The van der Waals surface area contributed by atoms with Crippen LogP contribution in [0.25, 0.3) is 16.6 Å². The predicted octanol–water partition coefficient (Wildman–Crippen LogP) is 12.2. The third-order valence-corrected chi connectivity index (χ3v) is 17.8. The molecule has 1 aromatic heterocycles. The number of nitrogens with zero attached hydrogens (tertiary/aromatic N) is 4. The summed E-state index contributed by atoms with van der Waals surface area (Å²) in [6, 6.07) is 78.0. The van der Waals surface area contributed by atoms with Gasteiger partial charge in [0, 0.05) is 26.4 Å². The van der Waals surface area contributed by atoms with E-state index in [1.165, 1.54) is 63.1 Å². The molecule has 0 radical (unpaired) electrons. The summed E-state index contributed by atoms with van der Waals surface area (Å²) in [5, 5.41) is 22.3. The van der Waals surface area contributed by atoms with Crippen LogP contribution in [-0.4, -0.2) is 41.4 Å². The number of para-hydroxylation sites is 2. The molecule has 358 valence electrons. The zero-order chi connectivity index (χ0) is 47.3. The van der Waals surface area contributed by atoms with Crippen molar-refractivity contribution in [2.45, 2.75) is 46.1 Å². The van der Waals surface area contributed by atoms with Gasteiger partial charge in [0.2, 0.25) is 0 Å². The minimum Gasteiger partial charge on any atom is -0.657 e. The molecule has 2 aliphatic rings. The first-order chi connectivity index (χ1) is 34.1. The molecule has 9 heteroatoms. The molecular formula is C61H63CuN4O2P2+2. The SMILES string of the molecule is C1CCOC1.C1CCOC1.Cc1cccc(C)c1[N-]c1ccccc1-c1cn(Cc2ccccc2)nn1.[Cu+].c1ccc([PH+](c2ccccc2)c2ccccc2[PH+](c2ccccc2)c2ccccc2)cc1. The molecule has 2 saturated heterocycles. The van der Waals surface area contributed by atoms with Gasteiger partial charge in [-0.1, -0.05) is 174 Å². The molecule has 0 atom stereocenters. The van der Waals surface area contributed by atoms with Crippen LogP contribution >= 0.6 is 15.8 Å². The van der Waals surface area contributed by atoms with E-state index in [1.807, 2.05) is 53.3 Å². The van der Waals surface area contributed by atoms with Gasteiger partial charge in [0.05, 0.1) is 12.7 Å². The summed E-state index contributed by atoms with van der Waals surface area (Å²) >= 11 is 0. The summed E-state index contributed by atoms with van der Waals surface area (Å²) in [6.07, 6.45) is 7.09. The predicted molar refractivity (Wildman–Crippen MR) is 296 cm³/mol. The smallest absolute Gasteiger partial charge is 0.657 e. The third-order valence-electron chi connectivity index (χ3n) is 11.9. The van der Waals surface area contributed by atoms with Crippen LogP contribution < -0.4 is 31.8 Å². The van der Waals surface area contributed by atoms with Crippen molar-refractivity contribution in [3.05, 3.63) is 247 Å². The summed E-state index contributed by atoms with van der Waals surface area (Å²) in [7, 11) is -2.28. The maximum Gasteiger partial charge on any atom is 1.00 e. The van der Waals surface area contributed by atoms with Gasteiger partial charge in [0.1, 0.15) is 53.4 Å². The summed E-state index contributed by atoms with van der Waals surface area (Å²) in [5.41, 5.74) is 7.26. The van der Waals surface area contributed by atoms with Gasteiger partial charge in [-0.2, -0.15) is 0 Å². The fourth-order valence-corrected chi connectivity index (χ4v) is 14.5. The molecule has 0 bridgehead atoms. The van der Waals surface area contributed by atoms with E-state index in [0.717, 1.165) is 60.2 Å². The first kappa shape index (κ1) is 51.8. The molecule has 0 spiro atoms. The van der Waals surface area contributed by atoms with Gasteiger partial charge in [-0.3, -0.25) is 0 Å². The van der Waals surface area contributed by atoms with Crippen molar-refractivity contribution in [2.24, 2.45) is 0 Å². The Morgan fingerprint density at radius 2 is 0.843 bits per heavy atom. The van der Waals surface area contributed by atoms with Gasteiger partial charge in [-0.15, -0.1) is 16.5 Å². The van der Waals surface area contributed by atoms with Crippen LogP contribution in [0.3, 0.4) is 0 Å². The van der Waals surface area contributed by atoms with Gasteiger partial charge in [-0.05, 0) is 111 Å². The molecular weight excluding hydrogens is 946 g/mol. The van der Waals surface area contributed by atoms with Crippen molar-refractivity contribution in [1.29, 1.82) is 0 Å². The monoisotopic (exact) mass is 1010 g/mol. The van der Waals surface area contributed by atoms with Gasteiger partial charge < -0.3 is 14.8 Å². The van der Waals surface area contributed by atoms with Crippen molar-refractivity contribution in [2.75, 3.05) is 26.4 Å². The molecule has 6 nitrogen and oxygen atoms in total. The van der Waals surface area contributed by atoms with E-state index in [-0.39, 0.29) is 17.1 Å². The Kier molecular flexibility index (Phi) is 20.7. The number of rotatable bonds is 11. The molecule has 70 heavy (non-hydrogen) atoms. The average molecular weight is 1010 g/mol. The molecule has 3 heterocycles. The Morgan fingerprint density at radius 3 is 1.26 bits per heavy atom. The molecule has 0 unspecified atom stereocenters. The molecule has 2 fully saturated rings. The standard InChI is InChI=1S/C30H24P2.C23H21N4.2C4H8O.Cu/c1-5-15-25(16-6-1)31(26-17-7-2-8-18-26)29-23-13-14-24-30(29)32(27-19-9-3-10-20-27)28-21-11-4-12-22-28;1-17-9-8-10-18(2)23(17)24-21-14-7-6-13-20(21)22-16-27(26-25-22)15-19-11-4-3-5-12-19;2*1-2-4-5-3-1;/h1-24H;3-14,16H,15H2,1-2H3;2*1-4H2;/q;-1;;;+1/p+2. The van der Waals surface area contributed by atoms with Crippen LogP contribution in [0, 0.1) is 13.8 Å². The summed E-state index contributed by atoms with van der Waals surface area (Å²) in [6.45, 7) is 8.87. The van der Waals surface area contributed by atoms with Crippen LogP contribution in [-0.2, 0) is 33.1 Å². The van der Waals surface area contributed by atoms with E-state index < -0.39 is 15.8 Å². The summed E-state index contributed by atoms with van der Waals surface area (Å²) in [4.78, 5) is 0. The zero-order valence-electron chi connectivity index (χ0n) is 40.1. The number of aryl methyl sites for hydroxylation is 2. The topological polar surface area (TPSA) is 63.3 Å². The maximum atomic E-state index is 4.94. The fraction of sp³-hybridized carbons (Fsp3) is 0.180. The van der Waals surface area contributed by atoms with Crippen molar-refractivity contribution in [1.82, 2.24) is 15.0 Å². The van der Waals surface area contributed by atoms with E-state index in [4.69, 9.17) is 14.8 Å². The van der Waals surface area contributed by atoms with E-state index in [9.17, 15) is 0 Å². The summed E-state index contributed by atoms with van der Waals surface area (Å²) < 4.78 is 11.8. The van der Waals surface area contributed by atoms with E-state index in [0.29, 0.717) is 6.54 Å². The van der Waals surface area contributed by atoms with Crippen LogP contribution in [0.1, 0.15) is 42.4 Å². The van der Waals surface area contributed by atoms with Crippen molar-refractivity contribution >= 4 is 59.0 Å². The Morgan fingerprint density at radius 1 is 0.457 bits per heavy atom. The quantitative estimate of drug-likeness (QED) is 0.0957. The van der Waals surface area contributed by atoms with Crippen molar-refractivity contribution < 1.29 is 26.5 Å².